The Balaban J connectivity index is 1.60. The van der Waals surface area contributed by atoms with Gasteiger partial charge in [0.2, 0.25) is 5.91 Å². The summed E-state index contributed by atoms with van der Waals surface area (Å²) in [6.45, 7) is 2.58. The van der Waals surface area contributed by atoms with Gasteiger partial charge in [0, 0.05) is 11.3 Å². The number of nitrogens with one attached hydrogen (secondary N) is 2. The molecule has 2 N–H and O–H groups in total. The van der Waals surface area contributed by atoms with E-state index in [1.807, 2.05) is 0 Å². The zero-order chi connectivity index (χ0) is 11.9. The molecule has 1 saturated heterocycles. The lowest BCUT2D eigenvalue weighted by molar-refractivity contribution is -0.118. The van der Waals surface area contributed by atoms with Crippen LogP contribution in [0.1, 0.15) is 18.5 Å². The summed E-state index contributed by atoms with van der Waals surface area (Å²) < 4.78 is 4.69. The Morgan fingerprint density at radius 2 is 2.41 bits per heavy atom. The zero-order valence-electron chi connectivity index (χ0n) is 9.65. The van der Waals surface area contributed by atoms with Gasteiger partial charge in [-0.25, -0.2) is 0 Å². The molecule has 6 heteroatoms. The summed E-state index contributed by atoms with van der Waals surface area (Å²) in [7, 11) is 0. The maximum Gasteiger partial charge on any atom is 0.230 e. The Morgan fingerprint density at radius 1 is 1.59 bits per heavy atom. The fourth-order valence-corrected chi connectivity index (χ4v) is 2.78. The highest BCUT2D eigenvalue weighted by Crippen LogP contribution is 2.19. The molecule has 0 saturated carbocycles. The molecule has 5 nitrogen and oxygen atoms in total. The van der Waals surface area contributed by atoms with Crippen LogP contribution in [-0.4, -0.2) is 35.2 Å². The second-order valence-corrected chi connectivity index (χ2v) is 5.32. The lowest BCUT2D eigenvalue weighted by Gasteiger charge is -2.21. The predicted octanol–water partition coefficient (Wildman–Crippen LogP) is 0.776. The van der Waals surface area contributed by atoms with E-state index >= 15 is 0 Å². The number of rotatable bonds is 5. The largest absolute Gasteiger partial charge is 0.364 e. The third-order valence-electron chi connectivity index (χ3n) is 2.69. The van der Waals surface area contributed by atoms with Crippen molar-refractivity contribution in [3.05, 3.63) is 18.0 Å². The fraction of sp³-hybridized carbons (Fsp3) is 0.636. The van der Waals surface area contributed by atoms with Crippen molar-refractivity contribution in [1.82, 2.24) is 15.8 Å². The third-order valence-corrected chi connectivity index (χ3v) is 4.07. The normalized spacial score (nSPS) is 16.9. The number of carbonyl (C=O) groups is 1. The highest BCUT2D eigenvalue weighted by molar-refractivity contribution is 8.00. The number of carbonyl (C=O) groups excluding carboxylic acids is 1. The average Bonchev–Trinajstić information content (AvgIpc) is 2.88. The van der Waals surface area contributed by atoms with Crippen LogP contribution in [0.3, 0.4) is 0 Å². The van der Waals surface area contributed by atoms with Gasteiger partial charge in [0.15, 0.2) is 0 Å². The summed E-state index contributed by atoms with van der Waals surface area (Å²) in [4.78, 5) is 11.6. The van der Waals surface area contributed by atoms with Crippen LogP contribution in [0.15, 0.2) is 16.9 Å². The zero-order valence-corrected chi connectivity index (χ0v) is 10.5. The van der Waals surface area contributed by atoms with Gasteiger partial charge < -0.3 is 15.2 Å². The molecule has 0 unspecified atom stereocenters. The second-order valence-electron chi connectivity index (χ2n) is 4.03. The molecule has 0 atom stereocenters. The molecule has 1 fully saturated rings. The molecule has 1 aliphatic rings. The van der Waals surface area contributed by atoms with Gasteiger partial charge in [-0.15, -0.1) is 11.8 Å². The third kappa shape index (κ3) is 4.40. The molecule has 17 heavy (non-hydrogen) atoms. The molecule has 2 rings (SSSR count). The fourth-order valence-electron chi connectivity index (χ4n) is 1.72. The molecule has 2 heterocycles. The molecule has 0 aromatic carbocycles. The summed E-state index contributed by atoms with van der Waals surface area (Å²) in [5.74, 6) is 0.597. The minimum atomic E-state index is 0.0662. The van der Waals surface area contributed by atoms with E-state index in [4.69, 9.17) is 0 Å². The van der Waals surface area contributed by atoms with E-state index in [-0.39, 0.29) is 5.91 Å². The Labute approximate surface area is 105 Å². The summed E-state index contributed by atoms with van der Waals surface area (Å²) in [6.07, 6.45) is 3.81. The van der Waals surface area contributed by atoms with E-state index in [0.29, 0.717) is 17.5 Å². The number of piperidine rings is 1. The summed E-state index contributed by atoms with van der Waals surface area (Å²) in [6, 6.07) is 1.75. The number of aromatic nitrogens is 1. The van der Waals surface area contributed by atoms with Gasteiger partial charge >= 0.3 is 0 Å². The van der Waals surface area contributed by atoms with E-state index in [1.165, 1.54) is 6.26 Å². The first-order chi connectivity index (χ1) is 8.34. The van der Waals surface area contributed by atoms with Crippen LogP contribution in [0.25, 0.3) is 0 Å². The van der Waals surface area contributed by atoms with Gasteiger partial charge in [-0.1, -0.05) is 5.16 Å². The van der Waals surface area contributed by atoms with Crippen LogP contribution in [0.2, 0.25) is 0 Å². The standard InChI is InChI=1S/C11H17N3O2S/c15-11(13-7-9-3-6-16-14-9)8-17-10-1-4-12-5-2-10/h3,6,10,12H,1-2,4-5,7-8H2,(H,13,15). The van der Waals surface area contributed by atoms with Crippen molar-refractivity contribution in [3.8, 4) is 0 Å². The molecular formula is C11H17N3O2S. The van der Waals surface area contributed by atoms with Crippen molar-refractivity contribution >= 4 is 17.7 Å². The number of hydrogen-bond acceptors (Lipinski definition) is 5. The topological polar surface area (TPSA) is 67.2 Å². The molecule has 1 aromatic rings. The van der Waals surface area contributed by atoms with Gasteiger partial charge in [-0.05, 0) is 25.9 Å². The van der Waals surface area contributed by atoms with Crippen molar-refractivity contribution < 1.29 is 9.32 Å². The minimum absolute atomic E-state index is 0.0662. The number of thioether (sulfide) groups is 1. The first kappa shape index (κ1) is 12.4. The van der Waals surface area contributed by atoms with Gasteiger partial charge in [0.05, 0.1) is 12.3 Å². The quantitative estimate of drug-likeness (QED) is 0.813. The molecule has 1 aromatic heterocycles. The average molecular weight is 255 g/mol. The lowest BCUT2D eigenvalue weighted by atomic mass is 10.2. The Kier molecular flexibility index (Phi) is 4.88. The molecular weight excluding hydrogens is 238 g/mol. The molecule has 0 aliphatic carbocycles. The van der Waals surface area contributed by atoms with E-state index in [1.54, 1.807) is 17.8 Å². The van der Waals surface area contributed by atoms with Crippen LogP contribution in [0, 0.1) is 0 Å². The molecule has 1 aliphatic heterocycles. The highest BCUT2D eigenvalue weighted by Gasteiger charge is 2.14. The van der Waals surface area contributed by atoms with Crippen LogP contribution >= 0.6 is 11.8 Å². The molecule has 0 radical (unpaired) electrons. The number of amides is 1. The van der Waals surface area contributed by atoms with Crippen LogP contribution in [0.4, 0.5) is 0 Å². The first-order valence-corrected chi connectivity index (χ1v) is 6.88. The monoisotopic (exact) mass is 255 g/mol. The van der Waals surface area contributed by atoms with Crippen LogP contribution < -0.4 is 10.6 Å². The Bertz CT molecular complexity index is 336. The van der Waals surface area contributed by atoms with Crippen molar-refractivity contribution in [3.63, 3.8) is 0 Å². The van der Waals surface area contributed by atoms with Crippen molar-refractivity contribution in [1.29, 1.82) is 0 Å². The molecule has 0 spiro atoms. The SMILES string of the molecule is O=C(CSC1CCNCC1)NCc1ccon1. The Morgan fingerprint density at radius 3 is 3.12 bits per heavy atom. The maximum absolute atomic E-state index is 11.6. The van der Waals surface area contributed by atoms with Crippen LogP contribution in [-0.2, 0) is 11.3 Å². The molecule has 94 valence electrons. The van der Waals surface area contributed by atoms with Gasteiger partial charge in [-0.3, -0.25) is 4.79 Å². The van der Waals surface area contributed by atoms with Gasteiger partial charge in [0.1, 0.15) is 12.0 Å². The second kappa shape index (κ2) is 6.66. The minimum Gasteiger partial charge on any atom is -0.364 e. The van der Waals surface area contributed by atoms with Crippen molar-refractivity contribution in [2.24, 2.45) is 0 Å². The summed E-state index contributed by atoms with van der Waals surface area (Å²) >= 11 is 1.75. The summed E-state index contributed by atoms with van der Waals surface area (Å²) in [5, 5.41) is 10.5. The van der Waals surface area contributed by atoms with Gasteiger partial charge in [-0.2, -0.15) is 0 Å². The summed E-state index contributed by atoms with van der Waals surface area (Å²) in [5.41, 5.74) is 0.755. The molecule has 0 bridgehead atoms. The number of nitrogens with zero attached hydrogens (tertiary/aromatic N) is 1. The number of hydrogen-bond donors (Lipinski definition) is 2. The highest BCUT2D eigenvalue weighted by atomic mass is 32.2. The van der Waals surface area contributed by atoms with E-state index < -0.39 is 0 Å². The first-order valence-electron chi connectivity index (χ1n) is 5.83. The smallest absolute Gasteiger partial charge is 0.230 e. The van der Waals surface area contributed by atoms with Crippen LogP contribution in [0.5, 0.6) is 0 Å². The maximum atomic E-state index is 11.6. The van der Waals surface area contributed by atoms with E-state index in [2.05, 4.69) is 20.3 Å². The van der Waals surface area contributed by atoms with E-state index in [0.717, 1.165) is 31.6 Å². The predicted molar refractivity (Wildman–Crippen MR) is 66.7 cm³/mol. The van der Waals surface area contributed by atoms with Crippen molar-refractivity contribution in [2.75, 3.05) is 18.8 Å². The van der Waals surface area contributed by atoms with Crippen molar-refractivity contribution in [2.45, 2.75) is 24.6 Å². The Hall–Kier alpha value is -1.01. The molecule has 1 amide bonds. The van der Waals surface area contributed by atoms with E-state index in [9.17, 15) is 4.79 Å². The van der Waals surface area contributed by atoms with Gasteiger partial charge in [0.25, 0.3) is 0 Å². The lowest BCUT2D eigenvalue weighted by Crippen LogP contribution is -2.31.